The Morgan fingerprint density at radius 3 is 2.20 bits per heavy atom. The van der Waals surface area contributed by atoms with Gasteiger partial charge in [-0.2, -0.15) is 0 Å². The number of hydrogen-bond acceptors (Lipinski definition) is 3. The van der Waals surface area contributed by atoms with Gasteiger partial charge in [0.1, 0.15) is 5.75 Å². The zero-order valence-corrected chi connectivity index (χ0v) is 11.3. The van der Waals surface area contributed by atoms with E-state index >= 15 is 0 Å². The maximum absolute atomic E-state index is 11.8. The molecule has 0 atom stereocenters. The Hall–Kier alpha value is -2.42. The quantitative estimate of drug-likeness (QED) is 0.474. The van der Waals surface area contributed by atoms with Gasteiger partial charge in [-0.05, 0) is 29.8 Å². The summed E-state index contributed by atoms with van der Waals surface area (Å²) in [6, 6.07) is 16.1. The highest BCUT2D eigenvalue weighted by molar-refractivity contribution is 5.95. The van der Waals surface area contributed by atoms with Crippen LogP contribution in [0.2, 0.25) is 0 Å². The van der Waals surface area contributed by atoms with E-state index in [9.17, 15) is 9.59 Å². The average molecular weight is 268 g/mol. The summed E-state index contributed by atoms with van der Waals surface area (Å²) in [6.07, 6.45) is 0.698. The molecule has 0 aliphatic rings. The van der Waals surface area contributed by atoms with Gasteiger partial charge in [-0.3, -0.25) is 9.59 Å². The molecule has 0 aliphatic carbocycles. The van der Waals surface area contributed by atoms with E-state index < -0.39 is 0 Å². The maximum atomic E-state index is 11.8. The SMILES string of the molecule is CCC(=O)c1ccc(OC(=O)Cc2ccccc2)cc1. The summed E-state index contributed by atoms with van der Waals surface area (Å²) in [5, 5.41) is 0. The number of rotatable bonds is 5. The Balaban J connectivity index is 1.96. The molecule has 2 rings (SSSR count). The fourth-order valence-corrected chi connectivity index (χ4v) is 1.84. The minimum atomic E-state index is -0.314. The first-order chi connectivity index (χ1) is 9.69. The molecule has 0 saturated heterocycles. The predicted molar refractivity (Wildman–Crippen MR) is 76.8 cm³/mol. The third-order valence-electron chi connectivity index (χ3n) is 2.92. The highest BCUT2D eigenvalue weighted by Gasteiger charge is 2.07. The smallest absolute Gasteiger partial charge is 0.315 e. The van der Waals surface area contributed by atoms with Crippen molar-refractivity contribution in [2.75, 3.05) is 0 Å². The summed E-state index contributed by atoms with van der Waals surface area (Å²) in [5.41, 5.74) is 1.55. The average Bonchev–Trinajstić information content (AvgIpc) is 2.48. The lowest BCUT2D eigenvalue weighted by Crippen LogP contribution is -2.11. The molecule has 2 aromatic carbocycles. The summed E-state index contributed by atoms with van der Waals surface area (Å²) in [6.45, 7) is 1.82. The van der Waals surface area contributed by atoms with Crippen molar-refractivity contribution in [1.29, 1.82) is 0 Å². The second kappa shape index (κ2) is 6.66. The topological polar surface area (TPSA) is 43.4 Å². The summed E-state index contributed by atoms with van der Waals surface area (Å²) < 4.78 is 5.24. The Morgan fingerprint density at radius 1 is 0.950 bits per heavy atom. The van der Waals surface area contributed by atoms with Gasteiger partial charge in [0.25, 0.3) is 0 Å². The van der Waals surface area contributed by atoms with Gasteiger partial charge in [-0.25, -0.2) is 0 Å². The molecule has 0 N–H and O–H groups in total. The molecule has 0 spiro atoms. The number of hydrogen-bond donors (Lipinski definition) is 0. The molecule has 0 aromatic heterocycles. The van der Waals surface area contributed by atoms with Crippen molar-refractivity contribution in [2.24, 2.45) is 0 Å². The van der Waals surface area contributed by atoms with Gasteiger partial charge in [-0.1, -0.05) is 37.3 Å². The standard InChI is InChI=1S/C17H16O3/c1-2-16(18)14-8-10-15(11-9-14)20-17(19)12-13-6-4-3-5-7-13/h3-11H,2,12H2,1H3. The first-order valence-corrected chi connectivity index (χ1v) is 6.57. The van der Waals surface area contributed by atoms with Gasteiger partial charge in [0.15, 0.2) is 5.78 Å². The third kappa shape index (κ3) is 3.79. The minimum absolute atomic E-state index is 0.0761. The number of ketones is 1. The second-order valence-corrected chi connectivity index (χ2v) is 4.44. The monoisotopic (exact) mass is 268 g/mol. The van der Waals surface area contributed by atoms with Crippen molar-refractivity contribution in [3.8, 4) is 5.75 Å². The Morgan fingerprint density at radius 2 is 1.60 bits per heavy atom. The Kier molecular flexibility index (Phi) is 4.66. The van der Waals surface area contributed by atoms with Crippen molar-refractivity contribution in [2.45, 2.75) is 19.8 Å². The van der Waals surface area contributed by atoms with Gasteiger partial charge in [-0.15, -0.1) is 0 Å². The summed E-state index contributed by atoms with van der Waals surface area (Å²) in [5.74, 6) is 0.219. The molecule has 0 saturated carbocycles. The third-order valence-corrected chi connectivity index (χ3v) is 2.92. The molecule has 0 bridgehead atoms. The van der Waals surface area contributed by atoms with Crippen molar-refractivity contribution in [1.82, 2.24) is 0 Å². The highest BCUT2D eigenvalue weighted by atomic mass is 16.5. The van der Waals surface area contributed by atoms with Crippen molar-refractivity contribution in [3.05, 3.63) is 65.7 Å². The lowest BCUT2D eigenvalue weighted by Gasteiger charge is -2.05. The lowest BCUT2D eigenvalue weighted by molar-refractivity contribution is -0.133. The molecule has 0 radical (unpaired) electrons. The van der Waals surface area contributed by atoms with Crippen LogP contribution in [0.5, 0.6) is 5.75 Å². The molecule has 0 heterocycles. The van der Waals surface area contributed by atoms with E-state index in [1.165, 1.54) is 0 Å². The number of carbonyl (C=O) groups is 2. The molecule has 0 fully saturated rings. The van der Waals surface area contributed by atoms with E-state index in [0.29, 0.717) is 17.7 Å². The van der Waals surface area contributed by atoms with Crippen molar-refractivity contribution in [3.63, 3.8) is 0 Å². The zero-order chi connectivity index (χ0) is 14.4. The van der Waals surface area contributed by atoms with Crippen molar-refractivity contribution < 1.29 is 14.3 Å². The van der Waals surface area contributed by atoms with Crippen LogP contribution in [-0.2, 0) is 11.2 Å². The number of Topliss-reactive ketones (excluding diaryl/α,β-unsaturated/α-hetero) is 1. The fraction of sp³-hybridized carbons (Fsp3) is 0.176. The molecular weight excluding hydrogens is 252 g/mol. The van der Waals surface area contributed by atoms with Crippen LogP contribution in [0.3, 0.4) is 0 Å². The number of carbonyl (C=O) groups excluding carboxylic acids is 2. The van der Waals surface area contributed by atoms with Gasteiger partial charge in [0.05, 0.1) is 6.42 Å². The second-order valence-electron chi connectivity index (χ2n) is 4.44. The first-order valence-electron chi connectivity index (χ1n) is 6.57. The van der Waals surface area contributed by atoms with Crippen molar-refractivity contribution >= 4 is 11.8 Å². The van der Waals surface area contributed by atoms with Crippen LogP contribution < -0.4 is 4.74 Å². The van der Waals surface area contributed by atoms with Gasteiger partial charge in [0, 0.05) is 12.0 Å². The van der Waals surface area contributed by atoms with Crippen LogP contribution in [0, 0.1) is 0 Å². The molecule has 3 nitrogen and oxygen atoms in total. The minimum Gasteiger partial charge on any atom is -0.426 e. The molecule has 3 heteroatoms. The van der Waals surface area contributed by atoms with Crippen LogP contribution in [0.15, 0.2) is 54.6 Å². The molecule has 0 unspecified atom stereocenters. The summed E-state index contributed by atoms with van der Waals surface area (Å²) in [4.78, 5) is 23.2. The zero-order valence-electron chi connectivity index (χ0n) is 11.3. The van der Waals surface area contributed by atoms with E-state index in [4.69, 9.17) is 4.74 Å². The summed E-state index contributed by atoms with van der Waals surface area (Å²) in [7, 11) is 0. The van der Waals surface area contributed by atoms with Crippen LogP contribution in [0.25, 0.3) is 0 Å². The van der Waals surface area contributed by atoms with Gasteiger partial charge >= 0.3 is 5.97 Å². The first kappa shape index (κ1) is 14.0. The number of benzene rings is 2. The normalized spacial score (nSPS) is 10.1. The van der Waals surface area contributed by atoms with E-state index in [1.54, 1.807) is 24.3 Å². The predicted octanol–water partition coefficient (Wildman–Crippen LogP) is 3.43. The summed E-state index contributed by atoms with van der Waals surface area (Å²) >= 11 is 0. The van der Waals surface area contributed by atoms with E-state index in [1.807, 2.05) is 37.3 Å². The highest BCUT2D eigenvalue weighted by Crippen LogP contribution is 2.14. The lowest BCUT2D eigenvalue weighted by atomic mass is 10.1. The van der Waals surface area contributed by atoms with Gasteiger partial charge < -0.3 is 4.74 Å². The van der Waals surface area contributed by atoms with E-state index in [0.717, 1.165) is 5.56 Å². The van der Waals surface area contributed by atoms with Crippen LogP contribution >= 0.6 is 0 Å². The van der Waals surface area contributed by atoms with Gasteiger partial charge in [0.2, 0.25) is 0 Å². The largest absolute Gasteiger partial charge is 0.426 e. The number of ether oxygens (including phenoxy) is 1. The van der Waals surface area contributed by atoms with Crippen LogP contribution in [-0.4, -0.2) is 11.8 Å². The van der Waals surface area contributed by atoms with E-state index in [-0.39, 0.29) is 18.2 Å². The maximum Gasteiger partial charge on any atom is 0.315 e. The molecule has 2 aromatic rings. The van der Waals surface area contributed by atoms with Crippen LogP contribution in [0.4, 0.5) is 0 Å². The van der Waals surface area contributed by atoms with Crippen LogP contribution in [0.1, 0.15) is 29.3 Å². The molecule has 102 valence electrons. The Labute approximate surface area is 118 Å². The molecule has 0 amide bonds. The molecule has 0 aliphatic heterocycles. The number of esters is 1. The van der Waals surface area contributed by atoms with E-state index in [2.05, 4.69) is 0 Å². The fourth-order valence-electron chi connectivity index (χ4n) is 1.84. The molecule has 20 heavy (non-hydrogen) atoms. The Bertz CT molecular complexity index is 585. The molecular formula is C17H16O3.